The Balaban J connectivity index is 1.93. The average molecular weight is 294 g/mol. The number of methoxy groups -OCH3 is 1. The lowest BCUT2D eigenvalue weighted by atomic mass is 10.2. The highest BCUT2D eigenvalue weighted by atomic mass is 16.5. The molecule has 0 amide bonds. The SMILES string of the molecule is CCNc1nc(C2CC2)nc(NCCOCCOC)c1C. The van der Waals surface area contributed by atoms with Crippen molar-refractivity contribution in [3.8, 4) is 0 Å². The van der Waals surface area contributed by atoms with Crippen LogP contribution in [-0.2, 0) is 9.47 Å². The van der Waals surface area contributed by atoms with Gasteiger partial charge >= 0.3 is 0 Å². The van der Waals surface area contributed by atoms with Crippen LogP contribution in [-0.4, -0.2) is 50.0 Å². The van der Waals surface area contributed by atoms with Gasteiger partial charge in [-0.2, -0.15) is 0 Å². The van der Waals surface area contributed by atoms with Gasteiger partial charge in [0.2, 0.25) is 0 Å². The standard InChI is InChI=1S/C15H26N4O2/c1-4-16-13-11(2)14(17-7-8-21-10-9-20-3)19-15(18-13)12-5-6-12/h12H,4-10H2,1-3H3,(H2,16,17,18,19). The third kappa shape index (κ3) is 4.82. The summed E-state index contributed by atoms with van der Waals surface area (Å²) in [4.78, 5) is 9.31. The van der Waals surface area contributed by atoms with E-state index in [0.717, 1.165) is 36.1 Å². The van der Waals surface area contributed by atoms with Crippen molar-refractivity contribution in [3.05, 3.63) is 11.4 Å². The molecule has 0 aliphatic heterocycles. The molecule has 2 N–H and O–H groups in total. The third-order valence-electron chi connectivity index (χ3n) is 3.42. The quantitative estimate of drug-likeness (QED) is 0.645. The molecule has 0 aromatic carbocycles. The van der Waals surface area contributed by atoms with Crippen LogP contribution >= 0.6 is 0 Å². The summed E-state index contributed by atoms with van der Waals surface area (Å²) in [5.41, 5.74) is 1.07. The second kappa shape index (κ2) is 8.14. The number of anilines is 2. The fourth-order valence-electron chi connectivity index (χ4n) is 2.06. The molecule has 6 heteroatoms. The van der Waals surface area contributed by atoms with Crippen molar-refractivity contribution >= 4 is 11.6 Å². The first-order valence-corrected chi connectivity index (χ1v) is 7.69. The summed E-state index contributed by atoms with van der Waals surface area (Å²) in [5.74, 6) is 3.36. The van der Waals surface area contributed by atoms with E-state index in [1.165, 1.54) is 12.8 Å². The molecule has 0 atom stereocenters. The summed E-state index contributed by atoms with van der Waals surface area (Å²) >= 11 is 0. The predicted octanol–water partition coefficient (Wildman–Crippen LogP) is 2.17. The van der Waals surface area contributed by atoms with E-state index < -0.39 is 0 Å². The van der Waals surface area contributed by atoms with Gasteiger partial charge < -0.3 is 20.1 Å². The van der Waals surface area contributed by atoms with Gasteiger partial charge in [-0.3, -0.25) is 0 Å². The summed E-state index contributed by atoms with van der Waals surface area (Å²) in [6.45, 7) is 7.61. The monoisotopic (exact) mass is 294 g/mol. The molecule has 0 spiro atoms. The molecule has 0 unspecified atom stereocenters. The Morgan fingerprint density at radius 1 is 1.10 bits per heavy atom. The zero-order valence-corrected chi connectivity index (χ0v) is 13.2. The summed E-state index contributed by atoms with van der Waals surface area (Å²) in [7, 11) is 1.67. The molecule has 0 radical (unpaired) electrons. The molecule has 118 valence electrons. The minimum Gasteiger partial charge on any atom is -0.382 e. The zero-order valence-electron chi connectivity index (χ0n) is 13.2. The van der Waals surface area contributed by atoms with Crippen LogP contribution < -0.4 is 10.6 Å². The van der Waals surface area contributed by atoms with Crippen molar-refractivity contribution in [2.75, 3.05) is 50.7 Å². The topological polar surface area (TPSA) is 68.3 Å². The lowest BCUT2D eigenvalue weighted by Gasteiger charge is -2.14. The normalized spacial score (nSPS) is 14.2. The molecule has 1 fully saturated rings. The van der Waals surface area contributed by atoms with Gasteiger partial charge in [0.1, 0.15) is 17.5 Å². The van der Waals surface area contributed by atoms with Gasteiger partial charge in [-0.15, -0.1) is 0 Å². The summed E-state index contributed by atoms with van der Waals surface area (Å²) < 4.78 is 10.4. The molecule has 2 rings (SSSR count). The molecule has 1 aliphatic rings. The van der Waals surface area contributed by atoms with E-state index in [1.807, 2.05) is 6.92 Å². The van der Waals surface area contributed by atoms with Gasteiger partial charge in [-0.1, -0.05) is 0 Å². The van der Waals surface area contributed by atoms with Crippen LogP contribution in [0.3, 0.4) is 0 Å². The molecule has 1 aromatic heterocycles. The fourth-order valence-corrected chi connectivity index (χ4v) is 2.06. The average Bonchev–Trinajstić information content (AvgIpc) is 3.31. The number of nitrogens with one attached hydrogen (secondary N) is 2. The van der Waals surface area contributed by atoms with Crippen LogP contribution in [0.2, 0.25) is 0 Å². The van der Waals surface area contributed by atoms with Gasteiger partial charge in [-0.25, -0.2) is 9.97 Å². The second-order valence-corrected chi connectivity index (χ2v) is 5.24. The number of nitrogens with zero attached hydrogens (tertiary/aromatic N) is 2. The van der Waals surface area contributed by atoms with E-state index >= 15 is 0 Å². The molecule has 21 heavy (non-hydrogen) atoms. The number of hydrogen-bond acceptors (Lipinski definition) is 6. The van der Waals surface area contributed by atoms with Crippen LogP contribution in [0, 0.1) is 6.92 Å². The Morgan fingerprint density at radius 2 is 1.81 bits per heavy atom. The number of aromatic nitrogens is 2. The number of ether oxygens (including phenoxy) is 2. The molecular formula is C15H26N4O2. The van der Waals surface area contributed by atoms with Crippen LogP contribution in [0.15, 0.2) is 0 Å². The highest BCUT2D eigenvalue weighted by molar-refractivity contribution is 5.57. The number of rotatable bonds is 10. The predicted molar refractivity (Wildman–Crippen MR) is 84.1 cm³/mol. The fraction of sp³-hybridized carbons (Fsp3) is 0.733. The zero-order chi connectivity index (χ0) is 15.1. The van der Waals surface area contributed by atoms with Crippen LogP contribution in [0.25, 0.3) is 0 Å². The smallest absolute Gasteiger partial charge is 0.136 e. The molecular weight excluding hydrogens is 268 g/mol. The highest BCUT2D eigenvalue weighted by Gasteiger charge is 2.28. The van der Waals surface area contributed by atoms with Crippen LogP contribution in [0.4, 0.5) is 11.6 Å². The van der Waals surface area contributed by atoms with Gasteiger partial charge in [0, 0.05) is 31.7 Å². The van der Waals surface area contributed by atoms with Crippen LogP contribution in [0.5, 0.6) is 0 Å². The summed E-state index contributed by atoms with van der Waals surface area (Å²) in [5, 5.41) is 6.67. The minimum atomic E-state index is 0.543. The summed E-state index contributed by atoms with van der Waals surface area (Å²) in [6, 6.07) is 0. The van der Waals surface area contributed by atoms with Crippen molar-refractivity contribution in [1.29, 1.82) is 0 Å². The van der Waals surface area contributed by atoms with E-state index in [0.29, 0.717) is 25.7 Å². The first-order chi connectivity index (χ1) is 10.3. The Labute approximate surface area is 126 Å². The Morgan fingerprint density at radius 3 is 2.43 bits per heavy atom. The lowest BCUT2D eigenvalue weighted by molar-refractivity contribution is 0.0759. The van der Waals surface area contributed by atoms with Crippen LogP contribution in [0.1, 0.15) is 37.1 Å². The Hall–Kier alpha value is -1.40. The first-order valence-electron chi connectivity index (χ1n) is 7.69. The number of hydrogen-bond donors (Lipinski definition) is 2. The van der Waals surface area contributed by atoms with Crippen molar-refractivity contribution < 1.29 is 9.47 Å². The lowest BCUT2D eigenvalue weighted by Crippen LogP contribution is -2.15. The minimum absolute atomic E-state index is 0.543. The van der Waals surface area contributed by atoms with E-state index in [-0.39, 0.29) is 0 Å². The third-order valence-corrected chi connectivity index (χ3v) is 3.42. The molecule has 1 aromatic rings. The molecule has 0 saturated heterocycles. The van der Waals surface area contributed by atoms with Crippen molar-refractivity contribution in [2.24, 2.45) is 0 Å². The van der Waals surface area contributed by atoms with Gasteiger partial charge in [0.25, 0.3) is 0 Å². The molecule has 0 bridgehead atoms. The van der Waals surface area contributed by atoms with Gasteiger partial charge in [-0.05, 0) is 26.7 Å². The summed E-state index contributed by atoms with van der Waals surface area (Å²) in [6.07, 6.45) is 2.41. The maximum atomic E-state index is 5.46. The molecule has 1 heterocycles. The Bertz CT molecular complexity index is 450. The molecule has 6 nitrogen and oxygen atoms in total. The molecule has 1 aliphatic carbocycles. The van der Waals surface area contributed by atoms with E-state index in [1.54, 1.807) is 7.11 Å². The van der Waals surface area contributed by atoms with Crippen molar-refractivity contribution in [1.82, 2.24) is 9.97 Å². The first kappa shape index (κ1) is 16.0. The van der Waals surface area contributed by atoms with E-state index in [2.05, 4.69) is 27.5 Å². The maximum absolute atomic E-state index is 5.46. The van der Waals surface area contributed by atoms with E-state index in [4.69, 9.17) is 9.47 Å². The maximum Gasteiger partial charge on any atom is 0.136 e. The highest BCUT2D eigenvalue weighted by Crippen LogP contribution is 2.39. The molecule has 1 saturated carbocycles. The Kier molecular flexibility index (Phi) is 6.20. The van der Waals surface area contributed by atoms with Gasteiger partial charge in [0.15, 0.2) is 0 Å². The second-order valence-electron chi connectivity index (χ2n) is 5.24. The largest absolute Gasteiger partial charge is 0.382 e. The van der Waals surface area contributed by atoms with Gasteiger partial charge in [0.05, 0.1) is 19.8 Å². The van der Waals surface area contributed by atoms with Crippen molar-refractivity contribution in [2.45, 2.75) is 32.6 Å². The van der Waals surface area contributed by atoms with Crippen molar-refractivity contribution in [3.63, 3.8) is 0 Å². The van der Waals surface area contributed by atoms with E-state index in [9.17, 15) is 0 Å².